The molecule has 0 spiro atoms. The van der Waals surface area contributed by atoms with Crippen LogP contribution in [0.25, 0.3) is 0 Å². The molecule has 10 heteroatoms. The third-order valence-corrected chi connectivity index (χ3v) is 5.21. The van der Waals surface area contributed by atoms with Gasteiger partial charge in [-0.3, -0.25) is 19.6 Å². The molecule has 0 saturated carbocycles. The highest BCUT2D eigenvalue weighted by atomic mass is 79.9. The monoisotopic (exact) mass is 476 g/mol. The number of nitro groups is 1. The predicted octanol–water partition coefficient (Wildman–Crippen LogP) is 4.33. The fourth-order valence-electron chi connectivity index (χ4n) is 2.95. The molecule has 158 valence electrons. The predicted molar refractivity (Wildman–Crippen MR) is 112 cm³/mol. The first kappa shape index (κ1) is 21.6. The van der Waals surface area contributed by atoms with Gasteiger partial charge in [0.1, 0.15) is 18.1 Å². The summed E-state index contributed by atoms with van der Waals surface area (Å²) < 4.78 is 13.9. The molecule has 3 aromatic rings. The maximum absolute atomic E-state index is 12.7. The number of benzene rings is 1. The van der Waals surface area contributed by atoms with Gasteiger partial charge in [0.25, 0.3) is 11.6 Å². The minimum atomic E-state index is -0.438. The highest BCUT2D eigenvalue weighted by Crippen LogP contribution is 2.24. The van der Waals surface area contributed by atoms with Crippen LogP contribution in [0.15, 0.2) is 45.4 Å². The van der Waals surface area contributed by atoms with Crippen molar-refractivity contribution in [1.29, 1.82) is 0 Å². The number of amides is 1. The number of hydrogen-bond donors (Lipinski definition) is 0. The number of rotatable bonds is 8. The summed E-state index contributed by atoms with van der Waals surface area (Å²) in [5, 5.41) is 15.1. The van der Waals surface area contributed by atoms with E-state index in [1.807, 2.05) is 11.6 Å². The summed E-state index contributed by atoms with van der Waals surface area (Å²) >= 11 is 3.46. The summed E-state index contributed by atoms with van der Waals surface area (Å²) in [5.74, 6) is 0.901. The van der Waals surface area contributed by atoms with Crippen LogP contribution in [0, 0.1) is 17.0 Å². The summed E-state index contributed by atoms with van der Waals surface area (Å²) in [4.78, 5) is 24.7. The number of ether oxygens (including phenoxy) is 1. The fourth-order valence-corrected chi connectivity index (χ4v) is 3.37. The number of carbonyl (C=O) groups is 1. The zero-order valence-electron chi connectivity index (χ0n) is 16.8. The van der Waals surface area contributed by atoms with Gasteiger partial charge in [-0.2, -0.15) is 5.10 Å². The van der Waals surface area contributed by atoms with E-state index in [0.717, 1.165) is 10.2 Å². The molecule has 0 aliphatic heterocycles. The molecule has 3 rings (SSSR count). The average Bonchev–Trinajstić information content (AvgIpc) is 3.32. The molecular formula is C20H21BrN4O5. The van der Waals surface area contributed by atoms with E-state index in [1.54, 1.807) is 43.3 Å². The Morgan fingerprint density at radius 2 is 2.13 bits per heavy atom. The number of halogens is 1. The Kier molecular flexibility index (Phi) is 6.56. The van der Waals surface area contributed by atoms with E-state index in [-0.39, 0.29) is 24.0 Å². The second-order valence-corrected chi connectivity index (χ2v) is 7.53. The number of nitrogens with zero attached hydrogens (tertiary/aromatic N) is 4. The molecule has 0 unspecified atom stereocenters. The lowest BCUT2D eigenvalue weighted by molar-refractivity contribution is -0.385. The Labute approximate surface area is 181 Å². The van der Waals surface area contributed by atoms with Crippen LogP contribution in [0.4, 0.5) is 5.69 Å². The first-order chi connectivity index (χ1) is 14.3. The van der Waals surface area contributed by atoms with Crippen LogP contribution in [0.5, 0.6) is 5.75 Å². The lowest BCUT2D eigenvalue weighted by Crippen LogP contribution is -2.27. The quantitative estimate of drug-likeness (QED) is 0.354. The van der Waals surface area contributed by atoms with Crippen molar-refractivity contribution in [3.05, 3.63) is 73.9 Å². The van der Waals surface area contributed by atoms with Crippen molar-refractivity contribution in [2.45, 2.75) is 33.5 Å². The highest BCUT2D eigenvalue weighted by Gasteiger charge is 2.19. The second-order valence-electron chi connectivity index (χ2n) is 6.68. The molecule has 0 N–H and O–H groups in total. The van der Waals surface area contributed by atoms with Crippen molar-refractivity contribution in [2.75, 3.05) is 7.05 Å². The summed E-state index contributed by atoms with van der Waals surface area (Å²) in [6.07, 6.45) is 1.71. The maximum Gasteiger partial charge on any atom is 0.289 e. The summed E-state index contributed by atoms with van der Waals surface area (Å²) in [6.45, 7) is 4.81. The zero-order chi connectivity index (χ0) is 21.8. The van der Waals surface area contributed by atoms with Crippen molar-refractivity contribution >= 4 is 27.5 Å². The van der Waals surface area contributed by atoms with Gasteiger partial charge in [-0.15, -0.1) is 0 Å². The van der Waals surface area contributed by atoms with Crippen LogP contribution < -0.4 is 4.74 Å². The Bertz CT molecular complexity index is 1080. The van der Waals surface area contributed by atoms with Gasteiger partial charge in [0.2, 0.25) is 0 Å². The molecule has 0 fully saturated rings. The molecule has 2 aromatic heterocycles. The molecular weight excluding hydrogens is 456 g/mol. The lowest BCUT2D eigenvalue weighted by Gasteiger charge is -2.17. The van der Waals surface area contributed by atoms with Gasteiger partial charge >= 0.3 is 0 Å². The highest BCUT2D eigenvalue weighted by molar-refractivity contribution is 9.10. The van der Waals surface area contributed by atoms with Gasteiger partial charge in [-0.05, 0) is 54.0 Å². The molecule has 30 heavy (non-hydrogen) atoms. The molecule has 1 aromatic carbocycles. The van der Waals surface area contributed by atoms with E-state index in [4.69, 9.17) is 9.15 Å². The number of nitro benzene ring substituents is 1. The molecule has 0 saturated heterocycles. The first-order valence-corrected chi connectivity index (χ1v) is 10.0. The normalized spacial score (nSPS) is 10.8. The SMILES string of the molecule is CCn1ncc(Br)c1CN(C)C(=O)c1ccc(COc2ccc([N+](=O)[O-])c(C)c2)o1. The van der Waals surface area contributed by atoms with Crippen molar-refractivity contribution < 1.29 is 18.9 Å². The van der Waals surface area contributed by atoms with E-state index in [9.17, 15) is 14.9 Å². The lowest BCUT2D eigenvalue weighted by atomic mass is 10.2. The zero-order valence-corrected chi connectivity index (χ0v) is 18.4. The van der Waals surface area contributed by atoms with Crippen LogP contribution in [0.3, 0.4) is 0 Å². The van der Waals surface area contributed by atoms with Gasteiger partial charge in [0, 0.05) is 25.2 Å². The second kappa shape index (κ2) is 9.12. The van der Waals surface area contributed by atoms with Gasteiger partial charge < -0.3 is 14.1 Å². The molecule has 0 bridgehead atoms. The van der Waals surface area contributed by atoms with Crippen LogP contribution in [-0.4, -0.2) is 32.6 Å². The van der Waals surface area contributed by atoms with Crippen LogP contribution in [0.1, 0.15) is 34.5 Å². The van der Waals surface area contributed by atoms with Gasteiger partial charge in [-0.1, -0.05) is 0 Å². The molecule has 2 heterocycles. The Balaban J connectivity index is 1.62. The largest absolute Gasteiger partial charge is 0.486 e. The molecule has 9 nitrogen and oxygen atoms in total. The summed E-state index contributed by atoms with van der Waals surface area (Å²) in [5.41, 5.74) is 1.44. The maximum atomic E-state index is 12.7. The first-order valence-electron chi connectivity index (χ1n) is 9.22. The van der Waals surface area contributed by atoms with E-state index < -0.39 is 4.92 Å². The van der Waals surface area contributed by atoms with Crippen LogP contribution >= 0.6 is 15.9 Å². The number of furan rings is 1. The Morgan fingerprint density at radius 1 is 1.37 bits per heavy atom. The fraction of sp³-hybridized carbons (Fsp3) is 0.300. The third kappa shape index (κ3) is 4.70. The number of carbonyl (C=O) groups excluding carboxylic acids is 1. The van der Waals surface area contributed by atoms with E-state index in [0.29, 0.717) is 30.2 Å². The average molecular weight is 477 g/mol. The van der Waals surface area contributed by atoms with E-state index >= 15 is 0 Å². The molecule has 0 aliphatic rings. The number of aryl methyl sites for hydroxylation is 2. The van der Waals surface area contributed by atoms with Crippen LogP contribution in [-0.2, 0) is 19.7 Å². The van der Waals surface area contributed by atoms with Crippen molar-refractivity contribution in [1.82, 2.24) is 14.7 Å². The van der Waals surface area contributed by atoms with E-state index in [1.165, 1.54) is 12.1 Å². The standard InChI is InChI=1S/C20H21BrN4O5/c1-4-24-18(16(21)10-22-24)11-23(3)20(26)19-8-6-15(30-19)12-29-14-5-7-17(25(27)28)13(2)9-14/h5-10H,4,11-12H2,1-3H3. The van der Waals surface area contributed by atoms with Crippen molar-refractivity contribution in [3.63, 3.8) is 0 Å². The van der Waals surface area contributed by atoms with Crippen molar-refractivity contribution in [3.8, 4) is 5.75 Å². The number of hydrogen-bond acceptors (Lipinski definition) is 6. The Morgan fingerprint density at radius 3 is 2.80 bits per heavy atom. The molecule has 0 radical (unpaired) electrons. The molecule has 0 atom stereocenters. The smallest absolute Gasteiger partial charge is 0.289 e. The minimum absolute atomic E-state index is 0.0346. The van der Waals surface area contributed by atoms with Crippen LogP contribution in [0.2, 0.25) is 0 Å². The topological polar surface area (TPSA) is 104 Å². The van der Waals surface area contributed by atoms with Gasteiger partial charge in [-0.25, -0.2) is 0 Å². The third-order valence-electron chi connectivity index (χ3n) is 4.55. The van der Waals surface area contributed by atoms with Gasteiger partial charge in [0.15, 0.2) is 5.76 Å². The molecule has 1 amide bonds. The van der Waals surface area contributed by atoms with E-state index in [2.05, 4.69) is 21.0 Å². The van der Waals surface area contributed by atoms with Crippen molar-refractivity contribution in [2.24, 2.45) is 0 Å². The van der Waals surface area contributed by atoms with Gasteiger partial charge in [0.05, 0.1) is 27.8 Å². The Hall–Kier alpha value is -3.14. The minimum Gasteiger partial charge on any atom is -0.486 e. The number of aromatic nitrogens is 2. The summed E-state index contributed by atoms with van der Waals surface area (Å²) in [6, 6.07) is 7.80. The summed E-state index contributed by atoms with van der Waals surface area (Å²) in [7, 11) is 1.69. The molecule has 0 aliphatic carbocycles.